The zero-order valence-electron chi connectivity index (χ0n) is 11.3. The first kappa shape index (κ1) is 14.0. The maximum atomic E-state index is 13.7. The Kier molecular flexibility index (Phi) is 4.20. The van der Waals surface area contributed by atoms with E-state index in [0.29, 0.717) is 11.6 Å². The number of hydrogen-bond acceptors (Lipinski definition) is 2. The SMILES string of the molecule is CC(Cc1ccccc1F)(NC1CCCC1)C(N)=O. The van der Waals surface area contributed by atoms with Gasteiger partial charge in [-0.1, -0.05) is 31.0 Å². The fourth-order valence-electron chi connectivity index (χ4n) is 2.75. The van der Waals surface area contributed by atoms with Crippen LogP contribution in [0.1, 0.15) is 38.2 Å². The van der Waals surface area contributed by atoms with Gasteiger partial charge in [0.1, 0.15) is 5.82 Å². The number of benzene rings is 1. The molecule has 2 rings (SSSR count). The van der Waals surface area contributed by atoms with Crippen LogP contribution in [0.15, 0.2) is 24.3 Å². The second kappa shape index (κ2) is 5.70. The molecule has 0 aromatic heterocycles. The number of carbonyl (C=O) groups is 1. The van der Waals surface area contributed by atoms with Crippen LogP contribution in [0, 0.1) is 5.82 Å². The van der Waals surface area contributed by atoms with E-state index in [2.05, 4.69) is 5.32 Å². The van der Waals surface area contributed by atoms with Crippen LogP contribution in [0.3, 0.4) is 0 Å². The number of nitrogens with two attached hydrogens (primary N) is 1. The molecule has 0 radical (unpaired) electrons. The maximum absolute atomic E-state index is 13.7. The molecular weight excluding hydrogens is 243 g/mol. The predicted octanol–water partition coefficient (Wildman–Crippen LogP) is 2.14. The zero-order valence-corrected chi connectivity index (χ0v) is 11.3. The number of nitrogens with one attached hydrogen (secondary N) is 1. The third kappa shape index (κ3) is 3.32. The van der Waals surface area contributed by atoms with Gasteiger partial charge in [-0.05, 0) is 31.4 Å². The summed E-state index contributed by atoms with van der Waals surface area (Å²) in [6.07, 6.45) is 4.74. The lowest BCUT2D eigenvalue weighted by Crippen LogP contribution is -2.57. The normalized spacial score (nSPS) is 19.3. The van der Waals surface area contributed by atoms with Crippen molar-refractivity contribution in [2.45, 2.75) is 50.6 Å². The van der Waals surface area contributed by atoms with E-state index in [4.69, 9.17) is 5.73 Å². The highest BCUT2D eigenvalue weighted by atomic mass is 19.1. The number of hydrogen-bond donors (Lipinski definition) is 2. The lowest BCUT2D eigenvalue weighted by Gasteiger charge is -2.31. The van der Waals surface area contributed by atoms with Crippen molar-refractivity contribution in [1.82, 2.24) is 5.32 Å². The molecule has 3 nitrogen and oxygen atoms in total. The number of amides is 1. The summed E-state index contributed by atoms with van der Waals surface area (Å²) >= 11 is 0. The summed E-state index contributed by atoms with van der Waals surface area (Å²) in [5, 5.41) is 3.33. The van der Waals surface area contributed by atoms with Crippen LogP contribution in [0.25, 0.3) is 0 Å². The summed E-state index contributed by atoms with van der Waals surface area (Å²) in [7, 11) is 0. The van der Waals surface area contributed by atoms with Gasteiger partial charge in [0.05, 0.1) is 5.54 Å². The molecule has 3 N–H and O–H groups in total. The van der Waals surface area contributed by atoms with Crippen LogP contribution in [-0.2, 0) is 11.2 Å². The van der Waals surface area contributed by atoms with Gasteiger partial charge in [0.25, 0.3) is 0 Å². The zero-order chi connectivity index (χ0) is 13.9. The van der Waals surface area contributed by atoms with Gasteiger partial charge in [0.15, 0.2) is 0 Å². The third-order valence-electron chi connectivity index (χ3n) is 3.92. The molecule has 0 saturated heterocycles. The van der Waals surface area contributed by atoms with Gasteiger partial charge in [-0.3, -0.25) is 4.79 Å². The van der Waals surface area contributed by atoms with E-state index in [9.17, 15) is 9.18 Å². The Morgan fingerprint density at radius 3 is 2.63 bits per heavy atom. The Morgan fingerprint density at radius 2 is 2.05 bits per heavy atom. The molecule has 1 aliphatic rings. The van der Waals surface area contributed by atoms with Crippen LogP contribution >= 0.6 is 0 Å². The highest BCUT2D eigenvalue weighted by Gasteiger charge is 2.35. The van der Waals surface area contributed by atoms with E-state index in [-0.39, 0.29) is 12.2 Å². The summed E-state index contributed by atoms with van der Waals surface area (Å²) in [5.41, 5.74) is 5.15. The Labute approximate surface area is 113 Å². The van der Waals surface area contributed by atoms with E-state index in [0.717, 1.165) is 12.8 Å². The fraction of sp³-hybridized carbons (Fsp3) is 0.533. The van der Waals surface area contributed by atoms with Gasteiger partial charge in [-0.25, -0.2) is 4.39 Å². The lowest BCUT2D eigenvalue weighted by atomic mass is 9.90. The molecule has 1 aromatic rings. The molecule has 104 valence electrons. The van der Waals surface area contributed by atoms with Crippen molar-refractivity contribution in [3.05, 3.63) is 35.6 Å². The number of primary amides is 1. The van der Waals surface area contributed by atoms with E-state index >= 15 is 0 Å². The third-order valence-corrected chi connectivity index (χ3v) is 3.92. The Balaban J connectivity index is 2.14. The molecule has 4 heteroatoms. The molecule has 0 heterocycles. The molecule has 1 saturated carbocycles. The van der Waals surface area contributed by atoms with E-state index < -0.39 is 11.4 Å². The fourth-order valence-corrected chi connectivity index (χ4v) is 2.75. The first-order chi connectivity index (χ1) is 9.01. The first-order valence-corrected chi connectivity index (χ1v) is 6.82. The Morgan fingerprint density at radius 1 is 1.42 bits per heavy atom. The molecule has 1 aliphatic carbocycles. The number of carbonyl (C=O) groups excluding carboxylic acids is 1. The minimum absolute atomic E-state index is 0.283. The van der Waals surface area contributed by atoms with Gasteiger partial charge >= 0.3 is 0 Å². The van der Waals surface area contributed by atoms with Gasteiger partial charge in [-0.2, -0.15) is 0 Å². The molecule has 0 spiro atoms. The predicted molar refractivity (Wildman–Crippen MR) is 73.1 cm³/mol. The topological polar surface area (TPSA) is 55.1 Å². The van der Waals surface area contributed by atoms with E-state index in [1.54, 1.807) is 25.1 Å². The van der Waals surface area contributed by atoms with Crippen molar-refractivity contribution in [3.63, 3.8) is 0 Å². The van der Waals surface area contributed by atoms with Gasteiger partial charge in [0.2, 0.25) is 5.91 Å². The summed E-state index contributed by atoms with van der Waals surface area (Å²) in [6.45, 7) is 1.76. The van der Waals surface area contributed by atoms with E-state index in [1.165, 1.54) is 18.9 Å². The van der Waals surface area contributed by atoms with Crippen molar-refractivity contribution in [2.24, 2.45) is 5.73 Å². The van der Waals surface area contributed by atoms with Crippen LogP contribution in [0.2, 0.25) is 0 Å². The van der Waals surface area contributed by atoms with Crippen molar-refractivity contribution in [2.75, 3.05) is 0 Å². The average Bonchev–Trinajstić information content (AvgIpc) is 2.84. The molecular formula is C15H21FN2O. The molecule has 0 aliphatic heterocycles. The minimum Gasteiger partial charge on any atom is -0.368 e. The van der Waals surface area contributed by atoms with Crippen molar-refractivity contribution < 1.29 is 9.18 Å². The summed E-state index contributed by atoms with van der Waals surface area (Å²) < 4.78 is 13.7. The van der Waals surface area contributed by atoms with Gasteiger partial charge in [-0.15, -0.1) is 0 Å². The largest absolute Gasteiger partial charge is 0.368 e. The standard InChI is InChI=1S/C15H21FN2O/c1-15(14(17)19,18-12-7-3-4-8-12)10-11-6-2-5-9-13(11)16/h2,5-6,9,12,18H,3-4,7-8,10H2,1H3,(H2,17,19). The summed E-state index contributed by atoms with van der Waals surface area (Å²) in [5.74, 6) is -0.717. The van der Waals surface area contributed by atoms with Crippen LogP contribution in [0.4, 0.5) is 4.39 Å². The summed E-state index contributed by atoms with van der Waals surface area (Å²) in [4.78, 5) is 11.8. The Bertz CT molecular complexity index is 457. The van der Waals surface area contributed by atoms with Crippen molar-refractivity contribution >= 4 is 5.91 Å². The highest BCUT2D eigenvalue weighted by molar-refractivity contribution is 5.84. The first-order valence-electron chi connectivity index (χ1n) is 6.82. The smallest absolute Gasteiger partial charge is 0.237 e. The number of halogens is 1. The van der Waals surface area contributed by atoms with Gasteiger partial charge in [0, 0.05) is 12.5 Å². The molecule has 1 fully saturated rings. The average molecular weight is 264 g/mol. The van der Waals surface area contributed by atoms with Crippen molar-refractivity contribution in [1.29, 1.82) is 0 Å². The van der Waals surface area contributed by atoms with Crippen LogP contribution < -0.4 is 11.1 Å². The number of rotatable bonds is 5. The summed E-state index contributed by atoms with van der Waals surface area (Å²) in [6, 6.07) is 6.84. The van der Waals surface area contributed by atoms with Crippen LogP contribution in [0.5, 0.6) is 0 Å². The second-order valence-electron chi connectivity index (χ2n) is 5.59. The maximum Gasteiger partial charge on any atom is 0.237 e. The lowest BCUT2D eigenvalue weighted by molar-refractivity contribution is -0.124. The highest BCUT2D eigenvalue weighted by Crippen LogP contribution is 2.23. The quantitative estimate of drug-likeness (QED) is 0.856. The molecule has 1 unspecified atom stereocenters. The molecule has 0 bridgehead atoms. The monoisotopic (exact) mass is 264 g/mol. The second-order valence-corrected chi connectivity index (χ2v) is 5.59. The van der Waals surface area contributed by atoms with E-state index in [1.807, 2.05) is 0 Å². The molecule has 1 amide bonds. The Hall–Kier alpha value is -1.42. The molecule has 19 heavy (non-hydrogen) atoms. The van der Waals surface area contributed by atoms with Crippen molar-refractivity contribution in [3.8, 4) is 0 Å². The minimum atomic E-state index is -0.892. The van der Waals surface area contributed by atoms with Crippen LogP contribution in [-0.4, -0.2) is 17.5 Å². The molecule has 1 aromatic carbocycles. The molecule has 1 atom stereocenters. The van der Waals surface area contributed by atoms with Gasteiger partial charge < -0.3 is 11.1 Å².